The molecule has 2 heterocycles. The Morgan fingerprint density at radius 2 is 2.32 bits per heavy atom. The van der Waals surface area contributed by atoms with Crippen LogP contribution in [0.3, 0.4) is 0 Å². The van der Waals surface area contributed by atoms with Crippen molar-refractivity contribution in [2.45, 2.75) is 25.5 Å². The lowest BCUT2D eigenvalue weighted by molar-refractivity contribution is 0.0703. The SMILES string of the molecule is Cc1nc(N)sc1C(=O)N1CC(O)CC1CN(C)C. The second kappa shape index (κ2) is 5.44. The number of hydrogen-bond donors (Lipinski definition) is 2. The maximum absolute atomic E-state index is 12.5. The molecule has 7 heteroatoms. The molecule has 1 aliphatic rings. The standard InChI is InChI=1S/C12H20N4O2S/c1-7-10(19-12(13)14-7)11(18)16-6-9(17)4-8(16)5-15(2)3/h8-9,17H,4-6H2,1-3H3,(H2,13,14). The molecule has 19 heavy (non-hydrogen) atoms. The van der Waals surface area contributed by atoms with E-state index in [2.05, 4.69) is 4.98 Å². The zero-order chi connectivity index (χ0) is 14.2. The van der Waals surface area contributed by atoms with Crippen molar-refractivity contribution in [3.63, 3.8) is 0 Å². The van der Waals surface area contributed by atoms with Crippen LogP contribution in [0.1, 0.15) is 21.8 Å². The predicted octanol–water partition coefficient (Wildman–Crippen LogP) is 0.171. The zero-order valence-corrected chi connectivity index (χ0v) is 12.3. The van der Waals surface area contributed by atoms with Gasteiger partial charge in [-0.05, 0) is 27.4 Å². The van der Waals surface area contributed by atoms with Crippen molar-refractivity contribution in [3.8, 4) is 0 Å². The summed E-state index contributed by atoms with van der Waals surface area (Å²) in [6.45, 7) is 2.91. The van der Waals surface area contributed by atoms with Crippen LogP contribution in [0.25, 0.3) is 0 Å². The van der Waals surface area contributed by atoms with E-state index >= 15 is 0 Å². The summed E-state index contributed by atoms with van der Waals surface area (Å²) in [4.78, 5) is 21.0. The first-order chi connectivity index (χ1) is 8.88. The van der Waals surface area contributed by atoms with Gasteiger partial charge in [-0.1, -0.05) is 11.3 Å². The van der Waals surface area contributed by atoms with E-state index in [1.165, 1.54) is 11.3 Å². The van der Waals surface area contributed by atoms with Gasteiger partial charge in [0.05, 0.1) is 11.8 Å². The Balaban J connectivity index is 2.19. The van der Waals surface area contributed by atoms with E-state index in [-0.39, 0.29) is 11.9 Å². The Labute approximate surface area is 116 Å². The van der Waals surface area contributed by atoms with Gasteiger partial charge in [0, 0.05) is 19.1 Å². The van der Waals surface area contributed by atoms with Crippen LogP contribution in [0.4, 0.5) is 5.13 Å². The fraction of sp³-hybridized carbons (Fsp3) is 0.667. The molecule has 1 aromatic rings. The first-order valence-corrected chi connectivity index (χ1v) is 7.06. The highest BCUT2D eigenvalue weighted by Gasteiger charge is 2.36. The third-order valence-electron chi connectivity index (χ3n) is 3.24. The number of aliphatic hydroxyl groups excluding tert-OH is 1. The average Bonchev–Trinajstić information content (AvgIpc) is 2.80. The van der Waals surface area contributed by atoms with Crippen molar-refractivity contribution in [2.75, 3.05) is 32.9 Å². The van der Waals surface area contributed by atoms with Crippen molar-refractivity contribution < 1.29 is 9.90 Å². The Morgan fingerprint density at radius 1 is 1.63 bits per heavy atom. The van der Waals surface area contributed by atoms with Crippen molar-refractivity contribution in [2.24, 2.45) is 0 Å². The molecule has 0 radical (unpaired) electrons. The number of likely N-dealkylation sites (N-methyl/N-ethyl adjacent to an activating group) is 1. The minimum absolute atomic E-state index is 0.0419. The molecule has 2 unspecified atom stereocenters. The second-order valence-electron chi connectivity index (χ2n) is 5.23. The number of likely N-dealkylation sites (tertiary alicyclic amines) is 1. The molecule has 2 rings (SSSR count). The third kappa shape index (κ3) is 3.05. The molecule has 1 aliphatic heterocycles. The molecule has 2 atom stereocenters. The Hall–Kier alpha value is -1.18. The number of aliphatic hydroxyl groups is 1. The van der Waals surface area contributed by atoms with Crippen molar-refractivity contribution in [1.82, 2.24) is 14.8 Å². The summed E-state index contributed by atoms with van der Waals surface area (Å²) >= 11 is 1.21. The summed E-state index contributed by atoms with van der Waals surface area (Å²) < 4.78 is 0. The first kappa shape index (κ1) is 14.2. The second-order valence-corrected chi connectivity index (χ2v) is 6.26. The number of aryl methyl sites for hydroxylation is 1. The summed E-state index contributed by atoms with van der Waals surface area (Å²) in [7, 11) is 3.92. The number of nitrogens with two attached hydrogens (primary N) is 1. The molecule has 1 saturated heterocycles. The number of anilines is 1. The number of carbonyl (C=O) groups excluding carboxylic acids is 1. The van der Waals surface area contributed by atoms with E-state index in [9.17, 15) is 9.90 Å². The molecule has 1 fully saturated rings. The monoisotopic (exact) mass is 284 g/mol. The Kier molecular flexibility index (Phi) is 4.07. The molecule has 0 saturated carbocycles. The van der Waals surface area contributed by atoms with Crippen LogP contribution < -0.4 is 5.73 Å². The molecule has 6 nitrogen and oxygen atoms in total. The predicted molar refractivity (Wildman–Crippen MR) is 75.3 cm³/mol. The maximum Gasteiger partial charge on any atom is 0.266 e. The van der Waals surface area contributed by atoms with E-state index in [1.807, 2.05) is 19.0 Å². The van der Waals surface area contributed by atoms with E-state index < -0.39 is 6.10 Å². The largest absolute Gasteiger partial charge is 0.391 e. The average molecular weight is 284 g/mol. The minimum atomic E-state index is -0.445. The van der Waals surface area contributed by atoms with Gasteiger partial charge in [0.15, 0.2) is 5.13 Å². The van der Waals surface area contributed by atoms with Crippen LogP contribution in [0, 0.1) is 6.92 Å². The normalized spacial score (nSPS) is 23.3. The highest BCUT2D eigenvalue weighted by atomic mass is 32.1. The lowest BCUT2D eigenvalue weighted by Gasteiger charge is -2.26. The van der Waals surface area contributed by atoms with Crippen LogP contribution in [0.5, 0.6) is 0 Å². The van der Waals surface area contributed by atoms with Gasteiger partial charge < -0.3 is 20.6 Å². The fourth-order valence-corrected chi connectivity index (χ4v) is 3.27. The third-order valence-corrected chi connectivity index (χ3v) is 4.21. The van der Waals surface area contributed by atoms with Gasteiger partial charge in [-0.3, -0.25) is 4.79 Å². The summed E-state index contributed by atoms with van der Waals surface area (Å²) in [6.07, 6.45) is 0.177. The number of rotatable bonds is 3. The molecule has 0 spiro atoms. The van der Waals surface area contributed by atoms with Crippen molar-refractivity contribution in [1.29, 1.82) is 0 Å². The van der Waals surface area contributed by atoms with E-state index in [0.29, 0.717) is 28.7 Å². The molecule has 0 aliphatic carbocycles. The summed E-state index contributed by atoms with van der Waals surface area (Å²) in [6, 6.07) is 0.0419. The Morgan fingerprint density at radius 3 is 2.84 bits per heavy atom. The van der Waals surface area contributed by atoms with Gasteiger partial charge in [0.2, 0.25) is 0 Å². The van der Waals surface area contributed by atoms with Gasteiger partial charge in [-0.15, -0.1) is 0 Å². The van der Waals surface area contributed by atoms with Gasteiger partial charge in [0.25, 0.3) is 5.91 Å². The lowest BCUT2D eigenvalue weighted by Crippen LogP contribution is -2.41. The van der Waals surface area contributed by atoms with E-state index in [0.717, 1.165) is 6.54 Å². The number of nitrogen functional groups attached to an aromatic ring is 1. The summed E-state index contributed by atoms with van der Waals surface area (Å²) in [5, 5.41) is 10.2. The lowest BCUT2D eigenvalue weighted by atomic mass is 10.2. The molecule has 3 N–H and O–H groups in total. The van der Waals surface area contributed by atoms with Crippen molar-refractivity contribution >= 4 is 22.4 Å². The van der Waals surface area contributed by atoms with Crippen LogP contribution in [-0.4, -0.2) is 65.1 Å². The first-order valence-electron chi connectivity index (χ1n) is 6.25. The number of amides is 1. The number of thiazole rings is 1. The van der Waals surface area contributed by atoms with Crippen LogP contribution in [0.15, 0.2) is 0 Å². The Bertz CT molecular complexity index is 474. The van der Waals surface area contributed by atoms with Gasteiger partial charge in [-0.2, -0.15) is 0 Å². The molecule has 1 aromatic heterocycles. The highest BCUT2D eigenvalue weighted by molar-refractivity contribution is 7.17. The van der Waals surface area contributed by atoms with E-state index in [4.69, 9.17) is 5.73 Å². The zero-order valence-electron chi connectivity index (χ0n) is 11.5. The molecule has 106 valence electrons. The molecule has 0 bridgehead atoms. The molecular weight excluding hydrogens is 264 g/mol. The van der Waals surface area contributed by atoms with Gasteiger partial charge >= 0.3 is 0 Å². The quantitative estimate of drug-likeness (QED) is 0.827. The number of aromatic nitrogens is 1. The smallest absolute Gasteiger partial charge is 0.266 e. The van der Waals surface area contributed by atoms with E-state index in [1.54, 1.807) is 11.8 Å². The van der Waals surface area contributed by atoms with Gasteiger partial charge in [0.1, 0.15) is 4.88 Å². The maximum atomic E-state index is 12.5. The number of β-amino-alcohol motifs (C(OH)–C–C–N with tert-alkyl or cyclic N) is 1. The molecular formula is C12H20N4O2S. The van der Waals surface area contributed by atoms with Crippen LogP contribution in [-0.2, 0) is 0 Å². The molecule has 1 amide bonds. The molecule has 0 aromatic carbocycles. The van der Waals surface area contributed by atoms with Crippen molar-refractivity contribution in [3.05, 3.63) is 10.6 Å². The van der Waals surface area contributed by atoms with Gasteiger partial charge in [-0.25, -0.2) is 4.98 Å². The highest BCUT2D eigenvalue weighted by Crippen LogP contribution is 2.26. The number of nitrogens with zero attached hydrogens (tertiary/aromatic N) is 3. The fourth-order valence-electron chi connectivity index (χ4n) is 2.48. The minimum Gasteiger partial charge on any atom is -0.391 e. The topological polar surface area (TPSA) is 82.7 Å². The summed E-state index contributed by atoms with van der Waals surface area (Å²) in [5.74, 6) is -0.0740. The number of carbonyl (C=O) groups is 1. The number of hydrogen-bond acceptors (Lipinski definition) is 6. The summed E-state index contributed by atoms with van der Waals surface area (Å²) in [5.41, 5.74) is 6.30. The van der Waals surface area contributed by atoms with Crippen LogP contribution in [0.2, 0.25) is 0 Å². The van der Waals surface area contributed by atoms with Crippen LogP contribution >= 0.6 is 11.3 Å².